The Morgan fingerprint density at radius 3 is 2.63 bits per heavy atom. The average Bonchev–Trinajstić information content (AvgIpc) is 3.59. The lowest BCUT2D eigenvalue weighted by Gasteiger charge is -2.45. The Labute approximate surface area is 252 Å². The van der Waals surface area contributed by atoms with Crippen LogP contribution in [0, 0.1) is 17.3 Å². The lowest BCUT2D eigenvalue weighted by Crippen LogP contribution is -2.64. The summed E-state index contributed by atoms with van der Waals surface area (Å²) in [6.45, 7) is 6.26. The molecule has 6 rings (SSSR count). The average molecular weight is 595 g/mol. The van der Waals surface area contributed by atoms with Crippen LogP contribution in [0.3, 0.4) is 0 Å². The first-order chi connectivity index (χ1) is 20.7. The van der Waals surface area contributed by atoms with Crippen molar-refractivity contribution in [1.82, 2.24) is 20.2 Å². The maximum atomic E-state index is 14.3. The number of rotatable bonds is 4. The first-order valence-electron chi connectivity index (χ1n) is 15.6. The second-order valence-electron chi connectivity index (χ2n) is 12.9. The molecule has 0 unspecified atom stereocenters. The number of nitrogens with one attached hydrogen (secondary N) is 1. The van der Waals surface area contributed by atoms with Crippen molar-refractivity contribution in [2.24, 2.45) is 17.3 Å². The van der Waals surface area contributed by atoms with E-state index in [-0.39, 0.29) is 30.3 Å². The van der Waals surface area contributed by atoms with Crippen LogP contribution in [0.25, 0.3) is 11.0 Å². The number of Topliss-reactive ketones (excluding diaryl/α,β-unsaturated/α-hetero) is 1. The van der Waals surface area contributed by atoms with E-state index < -0.39 is 29.7 Å². The second kappa shape index (κ2) is 11.9. The third-order valence-electron chi connectivity index (χ3n) is 9.61. The number of hydrogen-bond acceptors (Lipinski definition) is 9. The van der Waals surface area contributed by atoms with Crippen molar-refractivity contribution < 1.29 is 33.3 Å². The standard InChI is InChI=1S/C32H42N4O7/c1-5-21-26-15-36(27(21)18(2)37)30(38)28(32(3)16-41-17-32)35-31(39)43-25-13-19(25)9-7-6-8-10-23-29(42-26)34-24-14-20(40-4)11-12-22(24)33-23/h11-12,14,19,21,25-28H,5-10,13,15-17H2,1-4H3,(H,35,39)/t19-,21-,25-,26+,27-,28-/m1/s1. The van der Waals surface area contributed by atoms with E-state index in [4.69, 9.17) is 28.9 Å². The number of benzene rings is 1. The minimum atomic E-state index is -0.897. The number of aromatic nitrogens is 2. The Morgan fingerprint density at radius 1 is 1.12 bits per heavy atom. The van der Waals surface area contributed by atoms with E-state index in [1.165, 1.54) is 6.92 Å². The molecule has 1 N–H and O–H groups in total. The molecule has 2 saturated heterocycles. The Hall–Kier alpha value is -3.47. The summed E-state index contributed by atoms with van der Waals surface area (Å²) in [7, 11) is 1.61. The van der Waals surface area contributed by atoms with E-state index in [1.807, 2.05) is 32.0 Å². The summed E-state index contributed by atoms with van der Waals surface area (Å²) in [5.41, 5.74) is 1.57. The summed E-state index contributed by atoms with van der Waals surface area (Å²) in [6.07, 6.45) is 4.86. The van der Waals surface area contributed by atoms with Gasteiger partial charge < -0.3 is 29.2 Å². The van der Waals surface area contributed by atoms with Gasteiger partial charge in [-0.2, -0.15) is 0 Å². The van der Waals surface area contributed by atoms with Gasteiger partial charge in [0.2, 0.25) is 11.8 Å². The predicted molar refractivity (Wildman–Crippen MR) is 157 cm³/mol. The van der Waals surface area contributed by atoms with Crippen LogP contribution in [0.5, 0.6) is 11.6 Å². The van der Waals surface area contributed by atoms with Crippen LogP contribution in [-0.4, -0.2) is 83.8 Å². The third kappa shape index (κ3) is 5.88. The molecule has 1 aromatic heterocycles. The van der Waals surface area contributed by atoms with E-state index in [1.54, 1.807) is 12.0 Å². The Morgan fingerprint density at radius 2 is 1.93 bits per heavy atom. The van der Waals surface area contributed by atoms with Crippen LogP contribution in [0.15, 0.2) is 18.2 Å². The molecule has 4 aliphatic rings. The van der Waals surface area contributed by atoms with Crippen molar-refractivity contribution in [3.63, 3.8) is 0 Å². The molecule has 1 saturated carbocycles. The van der Waals surface area contributed by atoms with Crippen molar-refractivity contribution in [3.8, 4) is 11.6 Å². The van der Waals surface area contributed by atoms with Crippen LogP contribution in [0.2, 0.25) is 0 Å². The number of hydrogen-bond donors (Lipinski definition) is 1. The Balaban J connectivity index is 1.37. The maximum absolute atomic E-state index is 14.3. The van der Waals surface area contributed by atoms with Crippen LogP contribution in [-0.2, 0) is 25.5 Å². The second-order valence-corrected chi connectivity index (χ2v) is 12.9. The van der Waals surface area contributed by atoms with Crippen LogP contribution < -0.4 is 14.8 Å². The molecule has 1 aromatic carbocycles. The normalized spacial score (nSPS) is 30.8. The number of nitrogens with zero attached hydrogens (tertiary/aromatic N) is 3. The highest BCUT2D eigenvalue weighted by atomic mass is 16.6. The molecule has 2 aromatic rings. The number of aryl methyl sites for hydroxylation is 1. The summed E-state index contributed by atoms with van der Waals surface area (Å²) in [6, 6.07) is 4.01. The van der Waals surface area contributed by atoms with E-state index in [9.17, 15) is 14.4 Å². The number of ketones is 1. The van der Waals surface area contributed by atoms with Gasteiger partial charge in [0.1, 0.15) is 29.7 Å². The molecule has 4 heterocycles. The highest BCUT2D eigenvalue weighted by Gasteiger charge is 2.54. The first-order valence-corrected chi connectivity index (χ1v) is 15.6. The quantitative estimate of drug-likeness (QED) is 0.561. The molecule has 43 heavy (non-hydrogen) atoms. The highest BCUT2D eigenvalue weighted by molar-refractivity contribution is 5.93. The number of carbonyl (C=O) groups excluding carboxylic acids is 3. The first kappa shape index (κ1) is 29.6. The van der Waals surface area contributed by atoms with Gasteiger partial charge in [-0.25, -0.2) is 14.8 Å². The Bertz CT molecular complexity index is 1400. The lowest BCUT2D eigenvalue weighted by molar-refractivity contribution is -0.158. The zero-order valence-electron chi connectivity index (χ0n) is 25.5. The molecule has 232 valence electrons. The van der Waals surface area contributed by atoms with Crippen LogP contribution in [0.4, 0.5) is 4.79 Å². The number of amides is 2. The van der Waals surface area contributed by atoms with Gasteiger partial charge in [0.25, 0.3) is 0 Å². The zero-order chi connectivity index (χ0) is 30.3. The van der Waals surface area contributed by atoms with Crippen molar-refractivity contribution in [2.75, 3.05) is 26.9 Å². The van der Waals surface area contributed by atoms with Crippen molar-refractivity contribution in [1.29, 1.82) is 0 Å². The monoisotopic (exact) mass is 594 g/mol. The summed E-state index contributed by atoms with van der Waals surface area (Å²) in [4.78, 5) is 51.9. The third-order valence-corrected chi connectivity index (χ3v) is 9.61. The van der Waals surface area contributed by atoms with Gasteiger partial charge in [-0.15, -0.1) is 0 Å². The molecule has 3 aliphatic heterocycles. The highest BCUT2D eigenvalue weighted by Crippen LogP contribution is 2.40. The molecule has 3 fully saturated rings. The van der Waals surface area contributed by atoms with Gasteiger partial charge in [-0.05, 0) is 57.1 Å². The largest absolute Gasteiger partial charge is 0.497 e. The minimum absolute atomic E-state index is 0.121. The van der Waals surface area contributed by atoms with Crippen molar-refractivity contribution in [3.05, 3.63) is 23.9 Å². The molecular weight excluding hydrogens is 552 g/mol. The zero-order valence-corrected chi connectivity index (χ0v) is 25.5. The number of fused-ring (bicyclic) bond motifs is 5. The van der Waals surface area contributed by atoms with E-state index >= 15 is 0 Å². The molecule has 11 nitrogen and oxygen atoms in total. The summed E-state index contributed by atoms with van der Waals surface area (Å²) in [5.74, 6) is 0.736. The number of carbonyl (C=O) groups is 3. The maximum Gasteiger partial charge on any atom is 0.408 e. The van der Waals surface area contributed by atoms with Gasteiger partial charge in [-0.3, -0.25) is 9.59 Å². The van der Waals surface area contributed by atoms with Crippen molar-refractivity contribution in [2.45, 2.75) is 90.0 Å². The van der Waals surface area contributed by atoms with Gasteiger partial charge in [0.15, 0.2) is 5.78 Å². The topological polar surface area (TPSA) is 129 Å². The van der Waals surface area contributed by atoms with Crippen LogP contribution >= 0.6 is 0 Å². The summed E-state index contributed by atoms with van der Waals surface area (Å²) < 4.78 is 23.3. The minimum Gasteiger partial charge on any atom is -0.497 e. The lowest BCUT2D eigenvalue weighted by atomic mass is 9.79. The molecule has 2 bridgehead atoms. The van der Waals surface area contributed by atoms with E-state index in [0.717, 1.165) is 43.3 Å². The SMILES string of the molecule is CC[C@@H]1[C@@H]2CN(C(=O)[C@H](C3(C)COC3)NC(=O)O[C@@H]3C[C@H]3CCCCCc3nc4ccc(OC)cc4nc3O2)[C@@H]1C(C)=O. The smallest absolute Gasteiger partial charge is 0.408 e. The van der Waals surface area contributed by atoms with Gasteiger partial charge in [0, 0.05) is 17.4 Å². The fourth-order valence-electron chi connectivity index (χ4n) is 6.94. The number of ether oxygens (including phenoxy) is 4. The van der Waals surface area contributed by atoms with Crippen LogP contribution in [0.1, 0.15) is 65.0 Å². The van der Waals surface area contributed by atoms with Gasteiger partial charge in [0.05, 0.1) is 43.9 Å². The molecule has 0 spiro atoms. The van der Waals surface area contributed by atoms with Gasteiger partial charge >= 0.3 is 6.09 Å². The van der Waals surface area contributed by atoms with E-state index in [0.29, 0.717) is 49.1 Å². The Kier molecular flexibility index (Phi) is 8.19. The fourth-order valence-corrected chi connectivity index (χ4v) is 6.94. The molecular formula is C32H42N4O7. The summed E-state index contributed by atoms with van der Waals surface area (Å²) in [5, 5.41) is 2.87. The molecule has 2 amide bonds. The van der Waals surface area contributed by atoms with E-state index in [2.05, 4.69) is 5.32 Å². The summed E-state index contributed by atoms with van der Waals surface area (Å²) >= 11 is 0. The predicted octanol–water partition coefficient (Wildman–Crippen LogP) is 3.85. The molecule has 0 radical (unpaired) electrons. The molecule has 11 heteroatoms. The number of alkyl carbamates (subject to hydrolysis) is 1. The fraction of sp³-hybridized carbons (Fsp3) is 0.656. The van der Waals surface area contributed by atoms with Gasteiger partial charge in [-0.1, -0.05) is 26.7 Å². The van der Waals surface area contributed by atoms with Crippen molar-refractivity contribution >= 4 is 28.8 Å². The number of methoxy groups -OCH3 is 1. The molecule has 6 atom stereocenters. The molecule has 1 aliphatic carbocycles.